The lowest BCUT2D eigenvalue weighted by Crippen LogP contribution is -1.78. The second-order valence-corrected chi connectivity index (χ2v) is 2.66. The van der Waals surface area contributed by atoms with Crippen LogP contribution in [0.4, 0.5) is 4.39 Å². The van der Waals surface area contributed by atoms with Gasteiger partial charge in [-0.15, -0.1) is 4.39 Å². The van der Waals surface area contributed by atoms with Crippen LogP contribution in [0, 0.1) is 18.2 Å². The zero-order valence-electron chi connectivity index (χ0n) is 6.84. The first-order chi connectivity index (χ1) is 6.42. The molecule has 0 saturated heterocycles. The summed E-state index contributed by atoms with van der Waals surface area (Å²) in [5, 5.41) is 1.99. The predicted molar refractivity (Wildman–Crippen MR) is 50.8 cm³/mol. The number of fused-ring (bicyclic) bond motifs is 1. The summed E-state index contributed by atoms with van der Waals surface area (Å²) >= 11 is 0. The Bertz CT molecular complexity index is 484. The third-order valence-electron chi connectivity index (χ3n) is 1.89. The minimum Gasteiger partial charge on any atom is -0.144 e. The SMILES string of the molecule is FC#Cc1[c]ccc2ccccc12. The van der Waals surface area contributed by atoms with Crippen LogP contribution in [0.2, 0.25) is 0 Å². The van der Waals surface area contributed by atoms with Crippen molar-refractivity contribution in [2.24, 2.45) is 0 Å². The first kappa shape index (κ1) is 7.82. The molecular weight excluding hydrogens is 163 g/mol. The lowest BCUT2D eigenvalue weighted by atomic mass is 10.1. The van der Waals surface area contributed by atoms with Gasteiger partial charge in [0.15, 0.2) is 0 Å². The highest BCUT2D eigenvalue weighted by molar-refractivity contribution is 5.87. The molecule has 0 nitrogen and oxygen atoms in total. The molecule has 0 unspecified atom stereocenters. The maximum atomic E-state index is 11.8. The molecule has 13 heavy (non-hydrogen) atoms. The van der Waals surface area contributed by atoms with E-state index in [1.165, 1.54) is 6.17 Å². The number of hydrogen-bond donors (Lipinski definition) is 0. The topological polar surface area (TPSA) is 0 Å². The Balaban J connectivity index is 2.80. The average molecular weight is 169 g/mol. The van der Waals surface area contributed by atoms with Crippen molar-refractivity contribution < 1.29 is 4.39 Å². The fourth-order valence-corrected chi connectivity index (χ4v) is 1.31. The van der Waals surface area contributed by atoms with Gasteiger partial charge in [-0.05, 0) is 22.8 Å². The van der Waals surface area contributed by atoms with Gasteiger partial charge in [-0.2, -0.15) is 0 Å². The molecule has 2 aromatic rings. The Labute approximate surface area is 76.0 Å². The Kier molecular flexibility index (Phi) is 1.97. The van der Waals surface area contributed by atoms with Gasteiger partial charge in [0.2, 0.25) is 0 Å². The van der Waals surface area contributed by atoms with Crippen LogP contribution in [0.1, 0.15) is 5.56 Å². The van der Waals surface area contributed by atoms with Crippen LogP contribution in [0.3, 0.4) is 0 Å². The van der Waals surface area contributed by atoms with Gasteiger partial charge in [-0.1, -0.05) is 36.4 Å². The van der Waals surface area contributed by atoms with Gasteiger partial charge >= 0.3 is 0 Å². The zero-order chi connectivity index (χ0) is 9.10. The van der Waals surface area contributed by atoms with E-state index in [0.717, 1.165) is 10.8 Å². The van der Waals surface area contributed by atoms with Crippen molar-refractivity contribution >= 4 is 10.8 Å². The molecule has 0 atom stereocenters. The summed E-state index contributed by atoms with van der Waals surface area (Å²) < 4.78 is 11.8. The van der Waals surface area contributed by atoms with Gasteiger partial charge in [0.25, 0.3) is 0 Å². The summed E-state index contributed by atoms with van der Waals surface area (Å²) in [6, 6.07) is 14.3. The standard InChI is InChI=1S/C12H6F/c13-9-8-11-6-3-5-10-4-1-2-7-12(10)11/h1-5,7H. The lowest BCUT2D eigenvalue weighted by molar-refractivity contribution is 0.774. The van der Waals surface area contributed by atoms with Crippen molar-refractivity contribution in [1.82, 2.24) is 0 Å². The van der Waals surface area contributed by atoms with Crippen LogP contribution in [-0.2, 0) is 0 Å². The van der Waals surface area contributed by atoms with E-state index < -0.39 is 0 Å². The van der Waals surface area contributed by atoms with E-state index in [1.54, 1.807) is 6.07 Å². The number of hydrogen-bond acceptors (Lipinski definition) is 0. The predicted octanol–water partition coefficient (Wildman–Crippen LogP) is 2.92. The van der Waals surface area contributed by atoms with Gasteiger partial charge in [0, 0.05) is 5.56 Å². The van der Waals surface area contributed by atoms with E-state index in [-0.39, 0.29) is 0 Å². The Morgan fingerprint density at radius 3 is 2.85 bits per heavy atom. The molecule has 0 bridgehead atoms. The molecule has 61 valence electrons. The lowest BCUT2D eigenvalue weighted by Gasteiger charge is -1.97. The normalized spacial score (nSPS) is 9.31. The quantitative estimate of drug-likeness (QED) is 0.532. The minimum atomic E-state index is 0.612. The molecule has 0 fully saturated rings. The molecule has 0 aliphatic carbocycles. The van der Waals surface area contributed by atoms with Gasteiger partial charge < -0.3 is 0 Å². The van der Waals surface area contributed by atoms with Gasteiger partial charge in [-0.25, -0.2) is 0 Å². The van der Waals surface area contributed by atoms with Crippen molar-refractivity contribution in [3.63, 3.8) is 0 Å². The van der Waals surface area contributed by atoms with Gasteiger partial charge in [0.1, 0.15) is 6.17 Å². The minimum absolute atomic E-state index is 0.612. The first-order valence-electron chi connectivity index (χ1n) is 3.93. The van der Waals surface area contributed by atoms with Crippen molar-refractivity contribution in [2.45, 2.75) is 0 Å². The number of rotatable bonds is 0. The van der Waals surface area contributed by atoms with E-state index in [0.29, 0.717) is 5.56 Å². The van der Waals surface area contributed by atoms with E-state index in [2.05, 4.69) is 12.0 Å². The van der Waals surface area contributed by atoms with Crippen LogP contribution in [-0.4, -0.2) is 0 Å². The molecule has 0 heterocycles. The molecule has 2 rings (SSSR count). The average Bonchev–Trinajstić information content (AvgIpc) is 2.19. The molecule has 2 aromatic carbocycles. The third-order valence-corrected chi connectivity index (χ3v) is 1.89. The van der Waals surface area contributed by atoms with Crippen LogP contribution in [0.5, 0.6) is 0 Å². The Hall–Kier alpha value is -1.81. The number of benzene rings is 2. The van der Waals surface area contributed by atoms with Crippen LogP contribution in [0.15, 0.2) is 36.4 Å². The summed E-state index contributed by atoms with van der Waals surface area (Å²) in [7, 11) is 0. The van der Waals surface area contributed by atoms with Crippen molar-refractivity contribution in [1.29, 1.82) is 0 Å². The largest absolute Gasteiger partial charge is 0.144 e. The Morgan fingerprint density at radius 1 is 1.15 bits per heavy atom. The highest BCUT2D eigenvalue weighted by Crippen LogP contribution is 2.16. The maximum absolute atomic E-state index is 11.8. The zero-order valence-corrected chi connectivity index (χ0v) is 6.84. The fourth-order valence-electron chi connectivity index (χ4n) is 1.31. The van der Waals surface area contributed by atoms with Crippen LogP contribution >= 0.6 is 0 Å². The van der Waals surface area contributed by atoms with Crippen LogP contribution < -0.4 is 0 Å². The van der Waals surface area contributed by atoms with Crippen LogP contribution in [0.25, 0.3) is 10.8 Å². The molecule has 0 saturated carbocycles. The second-order valence-electron chi connectivity index (χ2n) is 2.66. The molecule has 0 aliphatic rings. The molecular formula is C12H6F. The highest BCUT2D eigenvalue weighted by atomic mass is 19.1. The summed E-state index contributed by atoms with van der Waals surface area (Å²) in [4.78, 5) is 0. The molecule has 0 aromatic heterocycles. The fraction of sp³-hybridized carbons (Fsp3) is 0. The van der Waals surface area contributed by atoms with E-state index >= 15 is 0 Å². The highest BCUT2D eigenvalue weighted by Gasteiger charge is 1.95. The maximum Gasteiger partial charge on any atom is 0.111 e. The smallest absolute Gasteiger partial charge is 0.111 e. The summed E-state index contributed by atoms with van der Waals surface area (Å²) in [5.74, 6) is 2.38. The second kappa shape index (κ2) is 3.28. The third kappa shape index (κ3) is 1.39. The monoisotopic (exact) mass is 169 g/mol. The molecule has 1 radical (unpaired) electrons. The summed E-state index contributed by atoms with van der Waals surface area (Å²) in [6.45, 7) is 0. The molecule has 1 heteroatoms. The van der Waals surface area contributed by atoms with Crippen molar-refractivity contribution in [3.8, 4) is 12.1 Å². The molecule has 0 aliphatic heterocycles. The van der Waals surface area contributed by atoms with E-state index in [9.17, 15) is 4.39 Å². The van der Waals surface area contributed by atoms with E-state index in [1.807, 2.05) is 30.3 Å². The van der Waals surface area contributed by atoms with Gasteiger partial charge in [-0.3, -0.25) is 0 Å². The number of halogens is 1. The molecule has 0 N–H and O–H groups in total. The molecule has 0 amide bonds. The summed E-state index contributed by atoms with van der Waals surface area (Å²) in [5.41, 5.74) is 0.612. The molecule has 0 spiro atoms. The Morgan fingerprint density at radius 2 is 2.00 bits per heavy atom. The first-order valence-corrected chi connectivity index (χ1v) is 3.93. The van der Waals surface area contributed by atoms with Crippen molar-refractivity contribution in [3.05, 3.63) is 48.0 Å². The summed E-state index contributed by atoms with van der Waals surface area (Å²) in [6.07, 6.45) is 1.39. The van der Waals surface area contributed by atoms with Gasteiger partial charge in [0.05, 0.1) is 0 Å². The van der Waals surface area contributed by atoms with E-state index in [4.69, 9.17) is 0 Å². The van der Waals surface area contributed by atoms with Crippen molar-refractivity contribution in [2.75, 3.05) is 0 Å².